The molecule has 0 saturated heterocycles. The predicted molar refractivity (Wildman–Crippen MR) is 103 cm³/mol. The van der Waals surface area contributed by atoms with Crippen molar-refractivity contribution in [3.05, 3.63) is 48.0 Å². The lowest BCUT2D eigenvalue weighted by Gasteiger charge is -2.17. The zero-order valence-electron chi connectivity index (χ0n) is 14.7. The van der Waals surface area contributed by atoms with Crippen molar-refractivity contribution in [3.63, 3.8) is 0 Å². The lowest BCUT2D eigenvalue weighted by molar-refractivity contribution is -0.137. The van der Waals surface area contributed by atoms with Gasteiger partial charge in [-0.15, -0.1) is 4.40 Å². The quantitative estimate of drug-likeness (QED) is 0.718. The van der Waals surface area contributed by atoms with Crippen LogP contribution in [0.1, 0.15) is 12.5 Å². The molecule has 0 bridgehead atoms. The molecule has 0 spiro atoms. The van der Waals surface area contributed by atoms with E-state index in [1.165, 1.54) is 12.1 Å². The van der Waals surface area contributed by atoms with Gasteiger partial charge < -0.3 is 5.32 Å². The Hall–Kier alpha value is -2.09. The molecule has 156 valence electrons. The fourth-order valence-electron chi connectivity index (χ4n) is 2.41. The first-order chi connectivity index (χ1) is 13.4. The number of benzene rings is 2. The van der Waals surface area contributed by atoms with Gasteiger partial charge in [0.15, 0.2) is 5.17 Å². The zero-order chi connectivity index (χ0) is 21.4. The molecule has 0 fully saturated rings. The first kappa shape index (κ1) is 21.6. The SMILES string of the molecule is CCNS(=O)(=O)c1ccc2c(c1)S(=O)(=O)N=C(Nc1ccc(C(F)(F)F)cc1)S2. The summed E-state index contributed by atoms with van der Waals surface area (Å²) in [6.45, 7) is 1.73. The highest BCUT2D eigenvalue weighted by Crippen LogP contribution is 2.36. The molecule has 3 rings (SSSR count). The van der Waals surface area contributed by atoms with E-state index in [2.05, 4.69) is 14.4 Å². The van der Waals surface area contributed by atoms with Crippen molar-refractivity contribution in [2.45, 2.75) is 27.8 Å². The van der Waals surface area contributed by atoms with Crippen LogP contribution in [-0.4, -0.2) is 28.5 Å². The number of thioether (sulfide) groups is 1. The van der Waals surface area contributed by atoms with Crippen molar-refractivity contribution in [3.8, 4) is 0 Å². The number of fused-ring (bicyclic) bond motifs is 1. The van der Waals surface area contributed by atoms with Gasteiger partial charge in [-0.25, -0.2) is 13.1 Å². The molecular formula is C16H14F3N3O4S3. The molecule has 2 aromatic carbocycles. The molecular weight excluding hydrogens is 451 g/mol. The summed E-state index contributed by atoms with van der Waals surface area (Å²) in [6.07, 6.45) is -4.48. The van der Waals surface area contributed by atoms with E-state index >= 15 is 0 Å². The Bertz CT molecular complexity index is 1180. The standard InChI is InChI=1S/C16H14F3N3O4S3/c1-2-20-28(23,24)12-7-8-13-14(9-12)29(25,26)22-15(27-13)21-11-5-3-10(4-6-11)16(17,18)19/h3-9,20H,2H2,1H3,(H,21,22). The Balaban J connectivity index is 1.89. The number of hydrogen-bond acceptors (Lipinski definition) is 6. The molecule has 1 heterocycles. The van der Waals surface area contributed by atoms with Gasteiger partial charge in [-0.1, -0.05) is 6.92 Å². The highest BCUT2D eigenvalue weighted by atomic mass is 32.2. The van der Waals surface area contributed by atoms with Gasteiger partial charge in [0.2, 0.25) is 10.0 Å². The van der Waals surface area contributed by atoms with Crippen molar-refractivity contribution < 1.29 is 30.0 Å². The first-order valence-corrected chi connectivity index (χ1v) is 11.8. The van der Waals surface area contributed by atoms with Gasteiger partial charge in [-0.3, -0.25) is 0 Å². The van der Waals surface area contributed by atoms with E-state index < -0.39 is 31.8 Å². The fourth-order valence-corrected chi connectivity index (χ4v) is 6.07. The second-order valence-electron chi connectivity index (χ2n) is 5.78. The monoisotopic (exact) mass is 465 g/mol. The second-order valence-corrected chi connectivity index (χ2v) is 10.2. The van der Waals surface area contributed by atoms with Gasteiger partial charge in [0.25, 0.3) is 10.0 Å². The maximum atomic E-state index is 12.6. The Labute approximate surface area is 169 Å². The number of nitrogens with zero attached hydrogens (tertiary/aromatic N) is 1. The molecule has 29 heavy (non-hydrogen) atoms. The minimum Gasteiger partial charge on any atom is -0.334 e. The van der Waals surface area contributed by atoms with Gasteiger partial charge in [0.1, 0.15) is 4.90 Å². The molecule has 7 nitrogen and oxygen atoms in total. The van der Waals surface area contributed by atoms with Gasteiger partial charge in [-0.05, 0) is 54.2 Å². The van der Waals surface area contributed by atoms with Crippen LogP contribution in [0.15, 0.2) is 61.5 Å². The Morgan fingerprint density at radius 1 is 1.10 bits per heavy atom. The third-order valence-electron chi connectivity index (χ3n) is 3.71. The molecule has 0 saturated carbocycles. The van der Waals surface area contributed by atoms with Crippen LogP contribution in [0.3, 0.4) is 0 Å². The van der Waals surface area contributed by atoms with Crippen LogP contribution < -0.4 is 10.0 Å². The average molecular weight is 466 g/mol. The van der Waals surface area contributed by atoms with E-state index in [-0.39, 0.29) is 32.1 Å². The maximum absolute atomic E-state index is 12.6. The normalized spacial score (nSPS) is 16.1. The van der Waals surface area contributed by atoms with Crippen molar-refractivity contribution in [2.24, 2.45) is 4.40 Å². The molecule has 0 aromatic heterocycles. The van der Waals surface area contributed by atoms with Gasteiger partial charge in [0.05, 0.1) is 10.5 Å². The minimum atomic E-state index is -4.48. The number of anilines is 1. The molecule has 0 aliphatic carbocycles. The van der Waals surface area contributed by atoms with Crippen molar-refractivity contribution in [2.75, 3.05) is 11.9 Å². The Morgan fingerprint density at radius 2 is 1.76 bits per heavy atom. The molecule has 0 unspecified atom stereocenters. The van der Waals surface area contributed by atoms with Gasteiger partial charge >= 0.3 is 6.18 Å². The van der Waals surface area contributed by atoms with Crippen molar-refractivity contribution in [1.29, 1.82) is 0 Å². The summed E-state index contributed by atoms with van der Waals surface area (Å²) in [7, 11) is -8.06. The number of hydrogen-bond donors (Lipinski definition) is 2. The third kappa shape index (κ3) is 4.74. The van der Waals surface area contributed by atoms with Gasteiger partial charge in [-0.2, -0.15) is 21.6 Å². The summed E-state index contributed by atoms with van der Waals surface area (Å²) in [6, 6.07) is 7.65. The molecule has 2 N–H and O–H groups in total. The number of nitrogens with one attached hydrogen (secondary N) is 2. The van der Waals surface area contributed by atoms with Gasteiger partial charge in [0, 0.05) is 17.1 Å². The van der Waals surface area contributed by atoms with E-state index in [0.717, 1.165) is 42.1 Å². The number of rotatable bonds is 4. The highest BCUT2D eigenvalue weighted by Gasteiger charge is 2.31. The molecule has 1 aliphatic heterocycles. The number of alkyl halides is 3. The number of halogens is 3. The van der Waals surface area contributed by atoms with Crippen LogP contribution in [0.4, 0.5) is 18.9 Å². The summed E-state index contributed by atoms with van der Waals surface area (Å²) in [5, 5.41) is 2.59. The fraction of sp³-hybridized carbons (Fsp3) is 0.188. The minimum absolute atomic E-state index is 0.0699. The zero-order valence-corrected chi connectivity index (χ0v) is 17.1. The largest absolute Gasteiger partial charge is 0.416 e. The van der Waals surface area contributed by atoms with E-state index in [1.807, 2.05) is 0 Å². The molecule has 0 atom stereocenters. The smallest absolute Gasteiger partial charge is 0.334 e. The summed E-state index contributed by atoms with van der Waals surface area (Å²) in [4.78, 5) is -0.235. The summed E-state index contributed by atoms with van der Waals surface area (Å²) < 4.78 is 92.9. The van der Waals surface area contributed by atoms with E-state index in [9.17, 15) is 30.0 Å². The third-order valence-corrected chi connectivity index (χ3v) is 7.78. The summed E-state index contributed by atoms with van der Waals surface area (Å²) in [5.41, 5.74) is -0.622. The molecule has 2 aromatic rings. The molecule has 0 radical (unpaired) electrons. The summed E-state index contributed by atoms with van der Waals surface area (Å²) in [5.74, 6) is 0. The Morgan fingerprint density at radius 3 is 2.34 bits per heavy atom. The van der Waals surface area contributed by atoms with E-state index in [1.54, 1.807) is 6.92 Å². The lowest BCUT2D eigenvalue weighted by atomic mass is 10.2. The molecule has 0 amide bonds. The lowest BCUT2D eigenvalue weighted by Crippen LogP contribution is -2.24. The number of sulfonamides is 2. The van der Waals surface area contributed by atoms with Crippen LogP contribution in [-0.2, 0) is 26.2 Å². The average Bonchev–Trinajstić information content (AvgIpc) is 2.60. The van der Waals surface area contributed by atoms with Crippen molar-refractivity contribution >= 4 is 42.7 Å². The van der Waals surface area contributed by atoms with Crippen LogP contribution in [0, 0.1) is 0 Å². The van der Waals surface area contributed by atoms with Crippen LogP contribution in [0.2, 0.25) is 0 Å². The van der Waals surface area contributed by atoms with Crippen LogP contribution in [0.5, 0.6) is 0 Å². The maximum Gasteiger partial charge on any atom is 0.416 e. The summed E-state index contributed by atoms with van der Waals surface area (Å²) >= 11 is 0.919. The molecule has 13 heteroatoms. The van der Waals surface area contributed by atoms with Crippen LogP contribution in [0.25, 0.3) is 0 Å². The topological polar surface area (TPSA) is 105 Å². The van der Waals surface area contributed by atoms with E-state index in [4.69, 9.17) is 0 Å². The first-order valence-electron chi connectivity index (χ1n) is 8.03. The Kier molecular flexibility index (Phi) is 5.69. The number of amidine groups is 1. The predicted octanol–water partition coefficient (Wildman–Crippen LogP) is 3.27. The highest BCUT2D eigenvalue weighted by molar-refractivity contribution is 8.15. The second kappa shape index (κ2) is 7.63. The van der Waals surface area contributed by atoms with Crippen molar-refractivity contribution in [1.82, 2.24) is 4.72 Å². The van der Waals surface area contributed by atoms with E-state index in [0.29, 0.717) is 0 Å². The van der Waals surface area contributed by atoms with Crippen LogP contribution >= 0.6 is 11.8 Å². The molecule has 1 aliphatic rings.